The number of amides is 2. The summed E-state index contributed by atoms with van der Waals surface area (Å²) in [4.78, 5) is 35.4. The summed E-state index contributed by atoms with van der Waals surface area (Å²) in [5, 5.41) is 11.1. The molecule has 1 saturated heterocycles. The average molecular weight is 468 g/mol. The number of carbonyl (C=O) groups excluding carboxylic acids is 3. The third-order valence-electron chi connectivity index (χ3n) is 3.73. The Morgan fingerprint density at radius 3 is 2.62 bits per heavy atom. The summed E-state index contributed by atoms with van der Waals surface area (Å²) in [5.41, 5.74) is 11.3. The molecule has 0 aliphatic carbocycles. The molecule has 0 radical (unpaired) electrons. The van der Waals surface area contributed by atoms with Crippen molar-refractivity contribution in [2.75, 3.05) is 32.9 Å². The van der Waals surface area contributed by atoms with E-state index in [0.29, 0.717) is 22.4 Å². The van der Waals surface area contributed by atoms with Gasteiger partial charge < -0.3 is 25.9 Å². The van der Waals surface area contributed by atoms with Crippen LogP contribution >= 0.6 is 35.7 Å². The summed E-state index contributed by atoms with van der Waals surface area (Å²) in [6.07, 6.45) is 3.43. The fourth-order valence-corrected chi connectivity index (χ4v) is 3.89. The Balaban J connectivity index is 0.00000288. The highest BCUT2D eigenvalue weighted by molar-refractivity contribution is 14.0. The van der Waals surface area contributed by atoms with Crippen LogP contribution in [0.4, 0.5) is 0 Å². The number of β-lactam (4-membered cyclic amide) rings is 1. The van der Waals surface area contributed by atoms with Gasteiger partial charge in [0.1, 0.15) is 11.4 Å². The normalized spacial score (nSPS) is 23.6. The van der Waals surface area contributed by atoms with Crippen molar-refractivity contribution in [3.8, 4) is 0 Å². The van der Waals surface area contributed by atoms with E-state index in [1.165, 1.54) is 16.7 Å². The van der Waals surface area contributed by atoms with Crippen molar-refractivity contribution in [1.82, 2.24) is 4.90 Å². The minimum Gasteiger partial charge on any atom is -0.543 e. The monoisotopic (exact) mass is 468 g/mol. The second-order valence-electron chi connectivity index (χ2n) is 6.24. The van der Waals surface area contributed by atoms with Crippen molar-refractivity contribution < 1.29 is 24.0 Å². The van der Waals surface area contributed by atoms with Crippen LogP contribution < -0.4 is 16.6 Å². The summed E-state index contributed by atoms with van der Waals surface area (Å²) in [7, 11) is 3.68. The zero-order valence-electron chi connectivity index (χ0n) is 13.4. The molecule has 0 unspecified atom stereocenters. The summed E-state index contributed by atoms with van der Waals surface area (Å²) in [5.74, 6) is -1.77. The molecule has 0 saturated carbocycles. The lowest BCUT2D eigenvalue weighted by molar-refractivity contribution is -0.876. The van der Waals surface area contributed by atoms with E-state index in [9.17, 15) is 19.5 Å². The predicted molar refractivity (Wildman–Crippen MR) is 98.7 cm³/mol. The van der Waals surface area contributed by atoms with Crippen molar-refractivity contribution in [3.63, 3.8) is 0 Å². The number of carbonyl (C=O) groups is 3. The molecular formula is C14H21IN4O4S. The first-order chi connectivity index (χ1) is 10.6. The van der Waals surface area contributed by atoms with E-state index < -0.39 is 23.8 Å². The first kappa shape index (κ1) is 20.9. The van der Waals surface area contributed by atoms with Crippen LogP contribution in [0.3, 0.4) is 0 Å². The molecule has 2 amide bonds. The fourth-order valence-electron chi connectivity index (χ4n) is 2.62. The van der Waals surface area contributed by atoms with Gasteiger partial charge in [-0.05, 0) is 11.6 Å². The van der Waals surface area contributed by atoms with Crippen LogP contribution in [0.15, 0.2) is 23.4 Å². The maximum atomic E-state index is 11.8. The minimum atomic E-state index is -1.39. The summed E-state index contributed by atoms with van der Waals surface area (Å²) >= 11 is 1.42. The van der Waals surface area contributed by atoms with Crippen molar-refractivity contribution in [1.29, 1.82) is 0 Å². The predicted octanol–water partition coefficient (Wildman–Crippen LogP) is -2.03. The van der Waals surface area contributed by atoms with E-state index in [-0.39, 0.29) is 41.6 Å². The molecule has 2 aliphatic rings. The van der Waals surface area contributed by atoms with E-state index in [2.05, 4.69) is 0 Å². The SMILES string of the molecule is C[N+](C)(C/C=C/C1=C(C(=O)[O-])N2C(=O)[C@@H](N)[C@H]2SC1)CC(N)=O.I. The lowest BCUT2D eigenvalue weighted by atomic mass is 10.0. The van der Waals surface area contributed by atoms with Gasteiger partial charge in [-0.25, -0.2) is 0 Å². The lowest BCUT2D eigenvalue weighted by Gasteiger charge is -2.49. The standard InChI is InChI=1S/C14H20N4O4S.HI/c1-18(2,6-9(15)19)5-3-4-8-7-23-13-10(16)12(20)17(13)11(8)14(21)22;/h3-4,10,13H,5-7,16H2,1-2H3,(H2-,15,19,21,22);1H/b4-3+;/t10-,13-;/m1./s1. The number of halogens is 1. The average Bonchev–Trinajstić information content (AvgIpc) is 2.43. The molecule has 2 heterocycles. The van der Waals surface area contributed by atoms with E-state index >= 15 is 0 Å². The Labute approximate surface area is 161 Å². The van der Waals surface area contributed by atoms with Gasteiger partial charge in [0.2, 0.25) is 5.91 Å². The van der Waals surface area contributed by atoms with E-state index in [1.54, 1.807) is 12.2 Å². The quantitative estimate of drug-likeness (QED) is 0.263. The number of fused-ring (bicyclic) bond motifs is 1. The zero-order chi connectivity index (χ0) is 17.4. The highest BCUT2D eigenvalue weighted by Gasteiger charge is 2.49. The number of thioether (sulfide) groups is 1. The molecule has 0 spiro atoms. The van der Waals surface area contributed by atoms with Crippen LogP contribution in [0.5, 0.6) is 0 Å². The number of nitrogens with two attached hydrogens (primary N) is 2. The largest absolute Gasteiger partial charge is 0.543 e. The van der Waals surface area contributed by atoms with Crippen LogP contribution in [-0.2, 0) is 14.4 Å². The molecule has 0 aromatic rings. The molecule has 24 heavy (non-hydrogen) atoms. The molecule has 2 atom stereocenters. The smallest absolute Gasteiger partial charge is 0.272 e. The Morgan fingerprint density at radius 1 is 1.46 bits per heavy atom. The number of aliphatic carboxylic acids is 1. The van der Waals surface area contributed by atoms with E-state index in [0.717, 1.165) is 0 Å². The number of allylic oxidation sites excluding steroid dienone is 1. The minimum absolute atomic E-state index is 0. The van der Waals surface area contributed by atoms with Crippen LogP contribution in [-0.4, -0.2) is 71.5 Å². The molecule has 0 bridgehead atoms. The van der Waals surface area contributed by atoms with Gasteiger partial charge in [0.05, 0.1) is 32.3 Å². The van der Waals surface area contributed by atoms with Crippen molar-refractivity contribution in [3.05, 3.63) is 23.4 Å². The number of likely N-dealkylation sites (N-methyl/N-ethyl adjacent to an activating group) is 1. The third-order valence-corrected chi connectivity index (χ3v) is 5.06. The van der Waals surface area contributed by atoms with Gasteiger partial charge in [-0.1, -0.05) is 6.08 Å². The van der Waals surface area contributed by atoms with Crippen molar-refractivity contribution in [2.45, 2.75) is 11.4 Å². The molecule has 10 heteroatoms. The third kappa shape index (κ3) is 4.29. The molecule has 8 nitrogen and oxygen atoms in total. The van der Waals surface area contributed by atoms with Gasteiger partial charge in [0.15, 0.2) is 6.54 Å². The molecule has 1 fully saturated rings. The second kappa shape index (κ2) is 7.85. The summed E-state index contributed by atoms with van der Waals surface area (Å²) in [6, 6.07) is -0.661. The zero-order valence-corrected chi connectivity index (χ0v) is 16.6. The van der Waals surface area contributed by atoms with Crippen LogP contribution in [0.2, 0.25) is 0 Å². The van der Waals surface area contributed by atoms with Crippen LogP contribution in [0.25, 0.3) is 0 Å². The Hall–Kier alpha value is -1.11. The summed E-state index contributed by atoms with van der Waals surface area (Å²) < 4.78 is 0.350. The van der Waals surface area contributed by atoms with Gasteiger partial charge >= 0.3 is 0 Å². The molecular weight excluding hydrogens is 447 g/mol. The summed E-state index contributed by atoms with van der Waals surface area (Å²) in [6.45, 7) is 0.668. The molecule has 0 aromatic carbocycles. The number of hydrogen-bond donors (Lipinski definition) is 2. The van der Waals surface area contributed by atoms with Gasteiger partial charge in [0, 0.05) is 5.75 Å². The second-order valence-corrected chi connectivity index (χ2v) is 7.35. The fraction of sp³-hybridized carbons (Fsp3) is 0.500. The molecule has 4 N–H and O–H groups in total. The number of nitrogens with zero attached hydrogens (tertiary/aromatic N) is 2. The molecule has 0 aromatic heterocycles. The number of carboxylic acids is 1. The van der Waals surface area contributed by atoms with Gasteiger partial charge in [-0.2, -0.15) is 0 Å². The first-order valence-electron chi connectivity index (χ1n) is 7.05. The van der Waals surface area contributed by atoms with E-state index in [4.69, 9.17) is 11.5 Å². The van der Waals surface area contributed by atoms with Crippen LogP contribution in [0.1, 0.15) is 0 Å². The maximum Gasteiger partial charge on any atom is 0.272 e. The van der Waals surface area contributed by atoms with Crippen molar-refractivity contribution >= 4 is 53.5 Å². The van der Waals surface area contributed by atoms with Crippen LogP contribution in [0, 0.1) is 0 Å². The number of rotatable bonds is 6. The highest BCUT2D eigenvalue weighted by Crippen LogP contribution is 2.39. The Bertz CT molecular complexity index is 620. The lowest BCUT2D eigenvalue weighted by Crippen LogP contribution is -2.69. The molecule has 2 rings (SSSR count). The van der Waals surface area contributed by atoms with E-state index in [1.807, 2.05) is 14.1 Å². The van der Waals surface area contributed by atoms with Gasteiger partial charge in [-0.15, -0.1) is 35.7 Å². The topological polar surface area (TPSA) is 130 Å². The van der Waals surface area contributed by atoms with Crippen molar-refractivity contribution in [2.24, 2.45) is 11.5 Å². The highest BCUT2D eigenvalue weighted by atomic mass is 127. The number of primary amides is 1. The maximum absolute atomic E-state index is 11.8. The molecule has 134 valence electrons. The number of carboxylic acid groups (broad SMARTS) is 1. The Morgan fingerprint density at radius 2 is 2.08 bits per heavy atom. The van der Waals surface area contributed by atoms with Gasteiger partial charge in [0.25, 0.3) is 5.91 Å². The first-order valence-corrected chi connectivity index (χ1v) is 8.10. The molecule has 2 aliphatic heterocycles. The Kier molecular flexibility index (Phi) is 6.84. The number of hydrogen-bond acceptors (Lipinski definition) is 6. The van der Waals surface area contributed by atoms with Gasteiger partial charge in [-0.3, -0.25) is 14.5 Å². The number of quaternary nitrogens is 1.